The van der Waals surface area contributed by atoms with Crippen LogP contribution in [-0.2, 0) is 9.59 Å². The van der Waals surface area contributed by atoms with Crippen LogP contribution in [0.2, 0.25) is 0 Å². The number of aliphatic hydroxyl groups is 1. The third kappa shape index (κ3) is 4.40. The number of likely N-dealkylation sites (tertiary alicyclic amines) is 1. The maximum absolute atomic E-state index is 11.7. The van der Waals surface area contributed by atoms with Crippen molar-refractivity contribution in [1.29, 1.82) is 0 Å². The molecular weight excluding hydrogens is 254 g/mol. The summed E-state index contributed by atoms with van der Waals surface area (Å²) in [5.41, 5.74) is -1.99. The van der Waals surface area contributed by atoms with Crippen LogP contribution in [0.4, 0.5) is 4.79 Å². The molecule has 0 aromatic heterocycles. The van der Waals surface area contributed by atoms with E-state index >= 15 is 0 Å². The lowest BCUT2D eigenvalue weighted by Gasteiger charge is -2.22. The van der Waals surface area contributed by atoms with Gasteiger partial charge in [-0.2, -0.15) is 0 Å². The average molecular weight is 273 g/mol. The van der Waals surface area contributed by atoms with Crippen molar-refractivity contribution in [3.8, 4) is 0 Å². The van der Waals surface area contributed by atoms with Crippen molar-refractivity contribution in [2.45, 2.75) is 31.9 Å². The standard InChI is InChI=1S/C11H19N3O5/c1-7(15)13-8-3-4-14(5-8)10(18)12-6-11(2,19)9(16)17/h8,19H,3-6H2,1-2H3,(H,12,18)(H,13,15)(H,16,17). The van der Waals surface area contributed by atoms with Gasteiger partial charge < -0.3 is 25.7 Å². The van der Waals surface area contributed by atoms with Gasteiger partial charge in [-0.1, -0.05) is 0 Å². The molecule has 0 bridgehead atoms. The highest BCUT2D eigenvalue weighted by molar-refractivity contribution is 5.79. The van der Waals surface area contributed by atoms with Gasteiger partial charge >= 0.3 is 12.0 Å². The maximum Gasteiger partial charge on any atom is 0.337 e. The Balaban J connectivity index is 2.40. The Bertz CT molecular complexity index is 383. The molecule has 2 atom stereocenters. The van der Waals surface area contributed by atoms with Gasteiger partial charge in [0.25, 0.3) is 0 Å². The molecule has 1 aliphatic heterocycles. The molecule has 1 heterocycles. The second kappa shape index (κ2) is 5.87. The van der Waals surface area contributed by atoms with Crippen molar-refractivity contribution < 1.29 is 24.6 Å². The Morgan fingerprint density at radius 3 is 2.58 bits per heavy atom. The molecule has 2 unspecified atom stereocenters. The van der Waals surface area contributed by atoms with Gasteiger partial charge in [0, 0.05) is 26.1 Å². The molecule has 1 fully saturated rings. The van der Waals surface area contributed by atoms with Gasteiger partial charge in [-0.25, -0.2) is 9.59 Å². The predicted octanol–water partition coefficient (Wildman–Crippen LogP) is -1.26. The molecular formula is C11H19N3O5. The fourth-order valence-electron chi connectivity index (χ4n) is 1.79. The molecule has 0 saturated carbocycles. The number of urea groups is 1. The van der Waals surface area contributed by atoms with E-state index in [1.54, 1.807) is 0 Å². The first-order valence-electron chi connectivity index (χ1n) is 5.98. The zero-order valence-corrected chi connectivity index (χ0v) is 11.0. The summed E-state index contributed by atoms with van der Waals surface area (Å²) in [5, 5.41) is 23.2. The number of nitrogens with one attached hydrogen (secondary N) is 2. The van der Waals surface area contributed by atoms with Gasteiger partial charge in [-0.05, 0) is 13.3 Å². The lowest BCUT2D eigenvalue weighted by molar-refractivity contribution is -0.155. The van der Waals surface area contributed by atoms with Gasteiger partial charge in [-0.3, -0.25) is 4.79 Å². The first-order valence-corrected chi connectivity index (χ1v) is 5.98. The number of carbonyl (C=O) groups is 3. The predicted molar refractivity (Wildman–Crippen MR) is 65.5 cm³/mol. The van der Waals surface area contributed by atoms with Crippen molar-refractivity contribution in [2.24, 2.45) is 0 Å². The molecule has 3 amide bonds. The number of carboxylic acids is 1. The third-order valence-corrected chi connectivity index (χ3v) is 2.93. The summed E-state index contributed by atoms with van der Waals surface area (Å²) in [5.74, 6) is -1.55. The zero-order chi connectivity index (χ0) is 14.6. The number of carbonyl (C=O) groups excluding carboxylic acids is 2. The first-order chi connectivity index (χ1) is 8.72. The smallest absolute Gasteiger partial charge is 0.337 e. The second-order valence-electron chi connectivity index (χ2n) is 4.87. The lowest BCUT2D eigenvalue weighted by atomic mass is 10.1. The topological polar surface area (TPSA) is 119 Å². The van der Waals surface area contributed by atoms with E-state index in [1.807, 2.05) is 0 Å². The van der Waals surface area contributed by atoms with E-state index in [-0.39, 0.29) is 18.5 Å². The normalized spacial score (nSPS) is 21.6. The van der Waals surface area contributed by atoms with Gasteiger partial charge in [0.05, 0.1) is 6.54 Å². The van der Waals surface area contributed by atoms with Crippen LogP contribution < -0.4 is 10.6 Å². The summed E-state index contributed by atoms with van der Waals surface area (Å²) in [6.45, 7) is 3.00. The Labute approximate surface area is 110 Å². The van der Waals surface area contributed by atoms with Crippen LogP contribution in [0.5, 0.6) is 0 Å². The van der Waals surface area contributed by atoms with Crippen LogP contribution in [0.3, 0.4) is 0 Å². The summed E-state index contributed by atoms with van der Waals surface area (Å²) in [7, 11) is 0. The van der Waals surface area contributed by atoms with Crippen molar-refractivity contribution in [3.05, 3.63) is 0 Å². The summed E-state index contributed by atoms with van der Waals surface area (Å²) >= 11 is 0. The molecule has 8 nitrogen and oxygen atoms in total. The molecule has 0 aliphatic carbocycles. The second-order valence-corrected chi connectivity index (χ2v) is 4.87. The van der Waals surface area contributed by atoms with Crippen molar-refractivity contribution in [2.75, 3.05) is 19.6 Å². The van der Waals surface area contributed by atoms with Crippen LogP contribution in [0.15, 0.2) is 0 Å². The number of carboxylic acid groups (broad SMARTS) is 1. The highest BCUT2D eigenvalue weighted by Gasteiger charge is 2.32. The van der Waals surface area contributed by atoms with Crippen molar-refractivity contribution in [1.82, 2.24) is 15.5 Å². The average Bonchev–Trinajstić information content (AvgIpc) is 2.73. The fourth-order valence-corrected chi connectivity index (χ4v) is 1.79. The van der Waals surface area contributed by atoms with E-state index in [9.17, 15) is 19.5 Å². The van der Waals surface area contributed by atoms with Gasteiger partial charge in [0.2, 0.25) is 5.91 Å². The van der Waals surface area contributed by atoms with Crippen LogP contribution in [-0.4, -0.2) is 64.3 Å². The molecule has 0 aromatic carbocycles. The minimum atomic E-state index is -1.99. The number of rotatable bonds is 4. The Kier molecular flexibility index (Phi) is 4.71. The molecule has 108 valence electrons. The summed E-state index contributed by atoms with van der Waals surface area (Å²) < 4.78 is 0. The molecule has 0 aromatic rings. The van der Waals surface area contributed by atoms with E-state index < -0.39 is 17.6 Å². The highest BCUT2D eigenvalue weighted by atomic mass is 16.4. The highest BCUT2D eigenvalue weighted by Crippen LogP contribution is 2.09. The molecule has 0 radical (unpaired) electrons. The van der Waals surface area contributed by atoms with E-state index in [2.05, 4.69) is 10.6 Å². The first kappa shape index (κ1) is 15.2. The van der Waals surface area contributed by atoms with Crippen LogP contribution >= 0.6 is 0 Å². The summed E-state index contributed by atoms with van der Waals surface area (Å²) in [6, 6.07) is -0.530. The molecule has 0 spiro atoms. The summed E-state index contributed by atoms with van der Waals surface area (Å²) in [4.78, 5) is 34.8. The largest absolute Gasteiger partial charge is 0.479 e. The number of nitrogens with zero attached hydrogens (tertiary/aromatic N) is 1. The number of amides is 3. The van der Waals surface area contributed by atoms with Gasteiger partial charge in [0.1, 0.15) is 0 Å². The minimum Gasteiger partial charge on any atom is -0.479 e. The quantitative estimate of drug-likeness (QED) is 0.510. The monoisotopic (exact) mass is 273 g/mol. The molecule has 1 rings (SSSR count). The van der Waals surface area contributed by atoms with Crippen LogP contribution in [0, 0.1) is 0 Å². The van der Waals surface area contributed by atoms with Crippen molar-refractivity contribution in [3.63, 3.8) is 0 Å². The van der Waals surface area contributed by atoms with E-state index in [0.717, 1.165) is 6.92 Å². The molecule has 4 N–H and O–H groups in total. The van der Waals surface area contributed by atoms with Gasteiger partial charge in [0.15, 0.2) is 5.60 Å². The zero-order valence-electron chi connectivity index (χ0n) is 11.0. The van der Waals surface area contributed by atoms with Crippen LogP contribution in [0.1, 0.15) is 20.3 Å². The Hall–Kier alpha value is -1.83. The Morgan fingerprint density at radius 2 is 2.05 bits per heavy atom. The molecule has 1 aliphatic rings. The molecule has 8 heteroatoms. The van der Waals surface area contributed by atoms with E-state index in [0.29, 0.717) is 19.5 Å². The third-order valence-electron chi connectivity index (χ3n) is 2.93. The Morgan fingerprint density at radius 1 is 1.42 bits per heavy atom. The van der Waals surface area contributed by atoms with E-state index in [1.165, 1.54) is 11.8 Å². The van der Waals surface area contributed by atoms with Crippen molar-refractivity contribution >= 4 is 17.9 Å². The lowest BCUT2D eigenvalue weighted by Crippen LogP contribution is -2.50. The number of hydrogen-bond donors (Lipinski definition) is 4. The summed E-state index contributed by atoms with van der Waals surface area (Å²) in [6.07, 6.45) is 0.655. The van der Waals surface area contributed by atoms with E-state index in [4.69, 9.17) is 5.11 Å². The maximum atomic E-state index is 11.7. The number of aliphatic carboxylic acids is 1. The minimum absolute atomic E-state index is 0.0803. The van der Waals surface area contributed by atoms with Gasteiger partial charge in [-0.15, -0.1) is 0 Å². The number of hydrogen-bond acceptors (Lipinski definition) is 4. The fraction of sp³-hybridized carbons (Fsp3) is 0.727. The van der Waals surface area contributed by atoms with Crippen LogP contribution in [0.25, 0.3) is 0 Å². The SMILES string of the molecule is CC(=O)NC1CCN(C(=O)NCC(C)(O)C(=O)O)C1. The molecule has 1 saturated heterocycles. The molecule has 19 heavy (non-hydrogen) atoms.